The van der Waals surface area contributed by atoms with E-state index >= 15 is 0 Å². The van der Waals surface area contributed by atoms with Crippen molar-refractivity contribution in [3.63, 3.8) is 0 Å². The van der Waals surface area contributed by atoms with Crippen molar-refractivity contribution in [2.24, 2.45) is 0 Å². The molecule has 1 aromatic heterocycles. The highest BCUT2D eigenvalue weighted by Gasteiger charge is 2.10. The number of hydrogen-bond donors (Lipinski definition) is 0. The normalized spacial score (nSPS) is 10.3. The van der Waals surface area contributed by atoms with E-state index in [1.54, 1.807) is 0 Å². The minimum absolute atomic E-state index is 0.228. The highest BCUT2D eigenvalue weighted by molar-refractivity contribution is 7.13. The molecule has 0 atom stereocenters. The molecule has 0 aliphatic rings. The van der Waals surface area contributed by atoms with Gasteiger partial charge >= 0.3 is 5.97 Å². The van der Waals surface area contributed by atoms with Gasteiger partial charge < -0.3 is 9.64 Å². The number of hydrogen-bond acceptors (Lipinski definition) is 5. The summed E-state index contributed by atoms with van der Waals surface area (Å²) >= 11 is 1.54. The minimum atomic E-state index is -0.261. The quantitative estimate of drug-likeness (QED) is 0.794. The smallest absolute Gasteiger partial charge is 0.311 e. The first-order valence-corrected chi connectivity index (χ1v) is 7.24. The molecular weight excluding hydrogens is 272 g/mol. The number of esters is 1. The van der Waals surface area contributed by atoms with Crippen molar-refractivity contribution in [3.05, 3.63) is 46.5 Å². The van der Waals surface area contributed by atoms with Gasteiger partial charge in [0.15, 0.2) is 5.13 Å². The van der Waals surface area contributed by atoms with Crippen LogP contribution < -0.4 is 4.90 Å². The van der Waals surface area contributed by atoms with Gasteiger partial charge in [0.1, 0.15) is 0 Å². The number of rotatable bonds is 5. The standard InChI is InChI=1S/C15H18N2O2S/c1-11-4-6-12(7-5-11)9-17(2)15-16-13(10-20-15)8-14(18)19-3/h4-7,10H,8-9H2,1-3H3. The van der Waals surface area contributed by atoms with E-state index in [1.165, 1.54) is 29.6 Å². The number of carbonyl (C=O) groups is 1. The van der Waals surface area contributed by atoms with Gasteiger partial charge in [-0.15, -0.1) is 11.3 Å². The summed E-state index contributed by atoms with van der Waals surface area (Å²) in [5.74, 6) is -0.261. The molecule has 1 heterocycles. The fourth-order valence-electron chi connectivity index (χ4n) is 1.81. The number of nitrogens with zero attached hydrogens (tertiary/aromatic N) is 2. The third-order valence-corrected chi connectivity index (χ3v) is 3.96. The van der Waals surface area contributed by atoms with E-state index in [4.69, 9.17) is 0 Å². The molecule has 0 amide bonds. The second-order valence-electron chi connectivity index (χ2n) is 4.72. The summed E-state index contributed by atoms with van der Waals surface area (Å²) in [6.45, 7) is 2.87. The largest absolute Gasteiger partial charge is 0.469 e. The third kappa shape index (κ3) is 3.81. The number of ether oxygens (including phenoxy) is 1. The van der Waals surface area contributed by atoms with Crippen LogP contribution in [0.3, 0.4) is 0 Å². The molecule has 0 aliphatic carbocycles. The second-order valence-corrected chi connectivity index (χ2v) is 5.55. The van der Waals surface area contributed by atoms with Gasteiger partial charge in [-0.2, -0.15) is 0 Å². The Hall–Kier alpha value is -1.88. The number of aromatic nitrogens is 1. The molecular formula is C15H18N2O2S. The van der Waals surface area contributed by atoms with Gasteiger partial charge in [0.2, 0.25) is 0 Å². The lowest BCUT2D eigenvalue weighted by Crippen LogP contribution is -2.16. The maximum absolute atomic E-state index is 11.2. The molecule has 5 heteroatoms. The molecule has 20 heavy (non-hydrogen) atoms. The van der Waals surface area contributed by atoms with Gasteiger partial charge in [-0.1, -0.05) is 29.8 Å². The van der Waals surface area contributed by atoms with Crippen molar-refractivity contribution >= 4 is 22.4 Å². The first-order valence-electron chi connectivity index (χ1n) is 6.36. The van der Waals surface area contributed by atoms with Crippen LogP contribution in [0.15, 0.2) is 29.6 Å². The predicted molar refractivity (Wildman–Crippen MR) is 81.1 cm³/mol. The van der Waals surface area contributed by atoms with Crippen LogP contribution in [0.5, 0.6) is 0 Å². The van der Waals surface area contributed by atoms with E-state index in [0.717, 1.165) is 17.4 Å². The molecule has 106 valence electrons. The zero-order valence-corrected chi connectivity index (χ0v) is 12.7. The molecule has 0 unspecified atom stereocenters. The molecule has 0 aliphatic heterocycles. The van der Waals surface area contributed by atoms with E-state index in [9.17, 15) is 4.79 Å². The zero-order chi connectivity index (χ0) is 14.5. The predicted octanol–water partition coefficient (Wildman–Crippen LogP) is 2.80. The summed E-state index contributed by atoms with van der Waals surface area (Å²) in [5.41, 5.74) is 3.25. The molecule has 4 nitrogen and oxygen atoms in total. The molecule has 0 bridgehead atoms. The Balaban J connectivity index is 2.00. The lowest BCUT2D eigenvalue weighted by Gasteiger charge is -2.15. The Bertz CT molecular complexity index is 578. The molecule has 0 spiro atoms. The number of benzene rings is 1. The van der Waals surface area contributed by atoms with Crippen LogP contribution in [0.2, 0.25) is 0 Å². The van der Waals surface area contributed by atoms with Gasteiger partial charge in [0.05, 0.1) is 19.2 Å². The van der Waals surface area contributed by atoms with Gasteiger partial charge in [-0.25, -0.2) is 4.98 Å². The number of thiazole rings is 1. The molecule has 2 aromatic rings. The summed E-state index contributed by atoms with van der Waals surface area (Å²) < 4.78 is 4.64. The zero-order valence-electron chi connectivity index (χ0n) is 11.9. The fourth-order valence-corrected chi connectivity index (χ4v) is 2.60. The first-order chi connectivity index (χ1) is 9.58. The Morgan fingerprint density at radius 3 is 2.70 bits per heavy atom. The molecule has 2 rings (SSSR count). The van der Waals surface area contributed by atoms with Crippen LogP contribution in [0, 0.1) is 6.92 Å². The van der Waals surface area contributed by atoms with Crippen LogP contribution in [0.1, 0.15) is 16.8 Å². The van der Waals surface area contributed by atoms with Crippen molar-refractivity contribution in [3.8, 4) is 0 Å². The highest BCUT2D eigenvalue weighted by Crippen LogP contribution is 2.21. The van der Waals surface area contributed by atoms with Gasteiger partial charge in [0, 0.05) is 19.0 Å². The Kier molecular flexibility index (Phi) is 4.74. The maximum atomic E-state index is 11.2. The molecule has 1 aromatic carbocycles. The van der Waals surface area contributed by atoms with Gasteiger partial charge in [0.25, 0.3) is 0 Å². The Labute approximate surface area is 123 Å². The van der Waals surface area contributed by atoms with Gasteiger partial charge in [-0.05, 0) is 12.5 Å². The lowest BCUT2D eigenvalue weighted by molar-refractivity contribution is -0.139. The maximum Gasteiger partial charge on any atom is 0.311 e. The minimum Gasteiger partial charge on any atom is -0.469 e. The molecule has 0 N–H and O–H groups in total. The lowest BCUT2D eigenvalue weighted by atomic mass is 10.1. The van der Waals surface area contributed by atoms with Crippen molar-refractivity contribution in [1.82, 2.24) is 4.98 Å². The van der Waals surface area contributed by atoms with Crippen LogP contribution >= 0.6 is 11.3 Å². The topological polar surface area (TPSA) is 42.4 Å². The Morgan fingerprint density at radius 2 is 2.05 bits per heavy atom. The SMILES string of the molecule is COC(=O)Cc1csc(N(C)Cc2ccc(C)cc2)n1. The fraction of sp³-hybridized carbons (Fsp3) is 0.333. The highest BCUT2D eigenvalue weighted by atomic mass is 32.1. The first kappa shape index (κ1) is 14.5. The van der Waals surface area contributed by atoms with Crippen molar-refractivity contribution in [2.75, 3.05) is 19.1 Å². The second kappa shape index (κ2) is 6.52. The number of aryl methyl sites for hydroxylation is 1. The van der Waals surface area contributed by atoms with Crippen LogP contribution in [0.25, 0.3) is 0 Å². The summed E-state index contributed by atoms with van der Waals surface area (Å²) in [4.78, 5) is 17.7. The van der Waals surface area contributed by atoms with Crippen LogP contribution in [0.4, 0.5) is 5.13 Å². The summed E-state index contributed by atoms with van der Waals surface area (Å²) in [6.07, 6.45) is 0.228. The summed E-state index contributed by atoms with van der Waals surface area (Å²) in [6, 6.07) is 8.45. The number of methoxy groups -OCH3 is 1. The molecule has 0 saturated heterocycles. The van der Waals surface area contributed by atoms with E-state index in [0.29, 0.717) is 0 Å². The summed E-state index contributed by atoms with van der Waals surface area (Å²) in [5, 5.41) is 2.81. The molecule has 0 fully saturated rings. The van der Waals surface area contributed by atoms with E-state index in [-0.39, 0.29) is 12.4 Å². The molecule has 0 radical (unpaired) electrons. The number of carbonyl (C=O) groups excluding carboxylic acids is 1. The Morgan fingerprint density at radius 1 is 1.35 bits per heavy atom. The van der Waals surface area contributed by atoms with Crippen molar-refractivity contribution in [1.29, 1.82) is 0 Å². The van der Waals surface area contributed by atoms with Crippen molar-refractivity contribution < 1.29 is 9.53 Å². The average molecular weight is 290 g/mol. The monoisotopic (exact) mass is 290 g/mol. The van der Waals surface area contributed by atoms with Crippen LogP contribution in [-0.4, -0.2) is 25.1 Å². The summed E-state index contributed by atoms with van der Waals surface area (Å²) in [7, 11) is 3.39. The van der Waals surface area contributed by atoms with E-state index in [1.807, 2.05) is 12.4 Å². The van der Waals surface area contributed by atoms with E-state index < -0.39 is 0 Å². The third-order valence-electron chi connectivity index (χ3n) is 2.96. The average Bonchev–Trinajstić information content (AvgIpc) is 2.89. The van der Waals surface area contributed by atoms with Crippen LogP contribution in [-0.2, 0) is 22.5 Å². The van der Waals surface area contributed by atoms with Gasteiger partial charge in [-0.3, -0.25) is 4.79 Å². The number of anilines is 1. The van der Waals surface area contributed by atoms with E-state index in [2.05, 4.69) is 45.8 Å². The van der Waals surface area contributed by atoms with Crippen molar-refractivity contribution in [2.45, 2.75) is 19.9 Å². The molecule has 0 saturated carbocycles.